The van der Waals surface area contributed by atoms with Gasteiger partial charge in [-0.3, -0.25) is 4.79 Å². The summed E-state index contributed by atoms with van der Waals surface area (Å²) in [6.45, 7) is 3.38. The number of para-hydroxylation sites is 1. The molecule has 0 radical (unpaired) electrons. The number of fused-ring (bicyclic) bond motifs is 1. The number of carbonyl (C=O) groups excluding carboxylic acids is 2. The molecule has 6 nitrogen and oxygen atoms in total. The molecular formula is C23H23N3O3. The number of carbonyl (C=O) groups is 2. The maximum absolute atomic E-state index is 12.4. The van der Waals surface area contributed by atoms with Crippen LogP contribution < -0.4 is 5.32 Å². The summed E-state index contributed by atoms with van der Waals surface area (Å²) in [6.07, 6.45) is 3.16. The van der Waals surface area contributed by atoms with E-state index in [0.717, 1.165) is 30.6 Å². The van der Waals surface area contributed by atoms with Gasteiger partial charge >= 0.3 is 5.97 Å². The third-order valence-corrected chi connectivity index (χ3v) is 5.23. The van der Waals surface area contributed by atoms with Crippen LogP contribution in [0, 0.1) is 13.8 Å². The number of hydrogen-bond donors (Lipinski definition) is 1. The van der Waals surface area contributed by atoms with Crippen LogP contribution in [0.3, 0.4) is 0 Å². The molecule has 1 heterocycles. The molecule has 6 heteroatoms. The Balaban J connectivity index is 1.40. The van der Waals surface area contributed by atoms with E-state index in [0.29, 0.717) is 16.9 Å². The van der Waals surface area contributed by atoms with Crippen LogP contribution in [0.4, 0.5) is 5.69 Å². The van der Waals surface area contributed by atoms with Crippen LogP contribution in [0.5, 0.6) is 0 Å². The predicted octanol–water partition coefficient (Wildman–Crippen LogP) is 3.77. The number of anilines is 1. The highest BCUT2D eigenvalue weighted by atomic mass is 16.5. The molecular weight excluding hydrogens is 366 g/mol. The molecule has 2 aromatic carbocycles. The first-order valence-corrected chi connectivity index (χ1v) is 9.73. The van der Waals surface area contributed by atoms with E-state index >= 15 is 0 Å². The molecule has 0 atom stereocenters. The van der Waals surface area contributed by atoms with Gasteiger partial charge in [-0.15, -0.1) is 0 Å². The number of rotatable bonds is 5. The number of esters is 1. The summed E-state index contributed by atoms with van der Waals surface area (Å²) in [5.41, 5.74) is 6.03. The monoisotopic (exact) mass is 389 g/mol. The van der Waals surface area contributed by atoms with E-state index < -0.39 is 11.9 Å². The van der Waals surface area contributed by atoms with E-state index in [-0.39, 0.29) is 6.61 Å². The van der Waals surface area contributed by atoms with Crippen molar-refractivity contribution in [1.82, 2.24) is 9.78 Å². The Bertz CT molecular complexity index is 1070. The van der Waals surface area contributed by atoms with Crippen LogP contribution in [0.25, 0.3) is 5.69 Å². The second-order valence-electron chi connectivity index (χ2n) is 7.25. The summed E-state index contributed by atoms with van der Waals surface area (Å²) < 4.78 is 6.99. The summed E-state index contributed by atoms with van der Waals surface area (Å²) in [5.74, 6) is -0.874. The Hall–Kier alpha value is -3.41. The molecule has 0 spiro atoms. The summed E-state index contributed by atoms with van der Waals surface area (Å²) >= 11 is 0. The lowest BCUT2D eigenvalue weighted by Gasteiger charge is -2.09. The number of nitrogens with zero attached hydrogens (tertiary/aromatic N) is 2. The van der Waals surface area contributed by atoms with Crippen LogP contribution >= 0.6 is 0 Å². The van der Waals surface area contributed by atoms with Crippen molar-refractivity contribution < 1.29 is 14.3 Å². The largest absolute Gasteiger partial charge is 0.452 e. The van der Waals surface area contributed by atoms with Crippen LogP contribution in [-0.4, -0.2) is 28.3 Å². The highest BCUT2D eigenvalue weighted by molar-refractivity contribution is 5.96. The van der Waals surface area contributed by atoms with Gasteiger partial charge in [0.05, 0.1) is 28.3 Å². The average Bonchev–Trinajstić information content (AvgIpc) is 3.32. The lowest BCUT2D eigenvalue weighted by atomic mass is 10.1. The van der Waals surface area contributed by atoms with Crippen molar-refractivity contribution in [1.29, 1.82) is 0 Å². The van der Waals surface area contributed by atoms with Crippen molar-refractivity contribution in [3.05, 3.63) is 76.6 Å². The average molecular weight is 389 g/mol. The number of nitrogens with one attached hydrogen (secondary N) is 1. The van der Waals surface area contributed by atoms with Crippen LogP contribution in [-0.2, 0) is 22.4 Å². The fraction of sp³-hybridized carbons (Fsp3) is 0.261. The molecule has 1 aromatic heterocycles. The maximum atomic E-state index is 12.4. The van der Waals surface area contributed by atoms with Crippen molar-refractivity contribution in [2.75, 3.05) is 11.9 Å². The van der Waals surface area contributed by atoms with Crippen molar-refractivity contribution in [3.63, 3.8) is 0 Å². The van der Waals surface area contributed by atoms with Gasteiger partial charge in [-0.2, -0.15) is 5.10 Å². The molecule has 148 valence electrons. The summed E-state index contributed by atoms with van der Waals surface area (Å²) in [5, 5.41) is 7.32. The van der Waals surface area contributed by atoms with E-state index in [1.165, 1.54) is 11.1 Å². The molecule has 1 aliphatic rings. The quantitative estimate of drug-likeness (QED) is 0.674. The first-order valence-electron chi connectivity index (χ1n) is 9.73. The fourth-order valence-electron chi connectivity index (χ4n) is 3.73. The van der Waals surface area contributed by atoms with E-state index in [2.05, 4.69) is 10.4 Å². The molecule has 0 saturated heterocycles. The van der Waals surface area contributed by atoms with Gasteiger partial charge in [0, 0.05) is 0 Å². The van der Waals surface area contributed by atoms with Gasteiger partial charge in [-0.05, 0) is 68.5 Å². The topological polar surface area (TPSA) is 73.2 Å². The Morgan fingerprint density at radius 2 is 1.83 bits per heavy atom. The third kappa shape index (κ3) is 3.92. The molecule has 29 heavy (non-hydrogen) atoms. The first kappa shape index (κ1) is 18.9. The number of benzene rings is 2. The first-order chi connectivity index (χ1) is 14.0. The molecule has 1 amide bonds. The standard InChI is InChI=1S/C23H23N3O3/c1-15-22(16(2)26(25-15)20-9-4-3-5-10-20)24-21(27)14-29-23(28)19-12-11-17-7-6-8-18(17)13-19/h3-5,9-13H,6-8,14H2,1-2H3,(H,24,27). The normalized spacial score (nSPS) is 12.5. The van der Waals surface area contributed by atoms with Gasteiger partial charge in [0.1, 0.15) is 0 Å². The SMILES string of the molecule is Cc1nn(-c2ccccc2)c(C)c1NC(=O)COC(=O)c1ccc2c(c1)CCC2. The minimum atomic E-state index is -0.483. The zero-order valence-electron chi connectivity index (χ0n) is 16.6. The van der Waals surface area contributed by atoms with Gasteiger partial charge < -0.3 is 10.1 Å². The van der Waals surface area contributed by atoms with Gasteiger partial charge in [0.25, 0.3) is 5.91 Å². The predicted molar refractivity (Wildman–Crippen MR) is 110 cm³/mol. The maximum Gasteiger partial charge on any atom is 0.338 e. The highest BCUT2D eigenvalue weighted by Crippen LogP contribution is 2.24. The van der Waals surface area contributed by atoms with Crippen molar-refractivity contribution >= 4 is 17.6 Å². The van der Waals surface area contributed by atoms with E-state index in [4.69, 9.17) is 4.74 Å². The Kier molecular flexibility index (Phi) is 5.16. The number of hydrogen-bond acceptors (Lipinski definition) is 4. The molecule has 4 rings (SSSR count). The lowest BCUT2D eigenvalue weighted by Crippen LogP contribution is -2.21. The molecule has 1 aliphatic carbocycles. The number of aryl methyl sites for hydroxylation is 3. The minimum Gasteiger partial charge on any atom is -0.452 e. The molecule has 0 saturated carbocycles. The summed E-state index contributed by atoms with van der Waals surface area (Å²) in [7, 11) is 0. The van der Waals surface area contributed by atoms with E-state index in [1.807, 2.05) is 56.3 Å². The van der Waals surface area contributed by atoms with Crippen molar-refractivity contribution in [3.8, 4) is 5.69 Å². The summed E-state index contributed by atoms with van der Waals surface area (Å²) in [4.78, 5) is 24.7. The second-order valence-corrected chi connectivity index (χ2v) is 7.25. The Morgan fingerprint density at radius 3 is 2.62 bits per heavy atom. The third-order valence-electron chi connectivity index (χ3n) is 5.23. The van der Waals surface area contributed by atoms with Gasteiger partial charge in [0.2, 0.25) is 0 Å². The number of ether oxygens (including phenoxy) is 1. The van der Waals surface area contributed by atoms with Crippen LogP contribution in [0.1, 0.15) is 39.3 Å². The van der Waals surface area contributed by atoms with E-state index in [9.17, 15) is 9.59 Å². The Labute approximate surface area is 169 Å². The van der Waals surface area contributed by atoms with Gasteiger partial charge in [-0.1, -0.05) is 24.3 Å². The van der Waals surface area contributed by atoms with E-state index in [1.54, 1.807) is 10.7 Å². The summed E-state index contributed by atoms with van der Waals surface area (Å²) in [6, 6.07) is 15.3. The van der Waals surface area contributed by atoms with Crippen molar-refractivity contribution in [2.45, 2.75) is 33.1 Å². The molecule has 0 fully saturated rings. The molecule has 0 bridgehead atoms. The van der Waals surface area contributed by atoms with Crippen LogP contribution in [0.2, 0.25) is 0 Å². The molecule has 0 aliphatic heterocycles. The molecule has 1 N–H and O–H groups in total. The fourth-order valence-corrected chi connectivity index (χ4v) is 3.73. The highest BCUT2D eigenvalue weighted by Gasteiger charge is 2.18. The smallest absolute Gasteiger partial charge is 0.338 e. The minimum absolute atomic E-state index is 0.342. The van der Waals surface area contributed by atoms with Crippen LogP contribution in [0.15, 0.2) is 48.5 Å². The van der Waals surface area contributed by atoms with Gasteiger partial charge in [-0.25, -0.2) is 9.48 Å². The van der Waals surface area contributed by atoms with Crippen molar-refractivity contribution in [2.24, 2.45) is 0 Å². The zero-order chi connectivity index (χ0) is 20.4. The Morgan fingerprint density at radius 1 is 1.07 bits per heavy atom. The lowest BCUT2D eigenvalue weighted by molar-refractivity contribution is -0.119. The molecule has 3 aromatic rings. The zero-order valence-corrected chi connectivity index (χ0v) is 16.6. The number of aromatic nitrogens is 2. The second kappa shape index (κ2) is 7.91. The number of amides is 1. The molecule has 0 unspecified atom stereocenters. The van der Waals surface area contributed by atoms with Gasteiger partial charge in [0.15, 0.2) is 6.61 Å².